The van der Waals surface area contributed by atoms with Crippen LogP contribution in [-0.2, 0) is 4.79 Å². The van der Waals surface area contributed by atoms with Crippen LogP contribution in [0, 0.1) is 24.2 Å². The number of aromatic nitrogens is 1. The fraction of sp³-hybridized carbons (Fsp3) is 0.567. The summed E-state index contributed by atoms with van der Waals surface area (Å²) in [5.74, 6) is 0.733. The zero-order valence-electron chi connectivity index (χ0n) is 20.8. The van der Waals surface area contributed by atoms with Gasteiger partial charge < -0.3 is 15.3 Å². The highest BCUT2D eigenvalue weighted by Crippen LogP contribution is 2.48. The van der Waals surface area contributed by atoms with E-state index in [4.69, 9.17) is 0 Å². The van der Waals surface area contributed by atoms with Gasteiger partial charge in [0.1, 0.15) is 5.82 Å². The predicted molar refractivity (Wildman–Crippen MR) is 144 cm³/mol. The Kier molecular flexibility index (Phi) is 8.01. The van der Waals surface area contributed by atoms with Crippen molar-refractivity contribution in [1.29, 1.82) is 0 Å². The zero-order chi connectivity index (χ0) is 24.4. The molecule has 2 heterocycles. The summed E-state index contributed by atoms with van der Waals surface area (Å²) in [7, 11) is 0. The van der Waals surface area contributed by atoms with Gasteiger partial charge in [-0.25, -0.2) is 4.98 Å². The molecule has 2 aromatic rings. The first-order chi connectivity index (χ1) is 16.9. The lowest BCUT2D eigenvalue weighted by molar-refractivity contribution is -0.142. The molecule has 1 aromatic carbocycles. The SMILES string of the molecule is C.Cc1ccc(-c2cccnc2N2CCC(C(=O)O)CC2)cc1C(=O)NCC12CCCC(CCC1)C2. The second-order valence-electron chi connectivity index (χ2n) is 11.0. The van der Waals surface area contributed by atoms with E-state index in [9.17, 15) is 14.7 Å². The maximum absolute atomic E-state index is 13.3. The molecule has 194 valence electrons. The molecule has 2 saturated carbocycles. The summed E-state index contributed by atoms with van der Waals surface area (Å²) >= 11 is 0. The quantitative estimate of drug-likeness (QED) is 0.511. The summed E-state index contributed by atoms with van der Waals surface area (Å²) < 4.78 is 0. The van der Waals surface area contributed by atoms with Crippen molar-refractivity contribution in [2.45, 2.75) is 72.1 Å². The Morgan fingerprint density at radius 1 is 1.11 bits per heavy atom. The third-order valence-corrected chi connectivity index (χ3v) is 8.71. The number of piperidine rings is 1. The number of aliphatic carboxylic acids is 1. The van der Waals surface area contributed by atoms with Crippen LogP contribution in [0.15, 0.2) is 36.5 Å². The number of fused-ring (bicyclic) bond motifs is 2. The van der Waals surface area contributed by atoms with Crippen molar-refractivity contribution in [3.05, 3.63) is 47.7 Å². The number of carboxylic acid groups (broad SMARTS) is 1. The van der Waals surface area contributed by atoms with Crippen LogP contribution in [-0.4, -0.2) is 41.6 Å². The molecule has 3 aliphatic rings. The lowest BCUT2D eigenvalue weighted by Gasteiger charge is -2.45. The first kappa shape index (κ1) is 26.2. The third kappa shape index (κ3) is 5.42. The highest BCUT2D eigenvalue weighted by atomic mass is 16.4. The Morgan fingerprint density at radius 2 is 1.83 bits per heavy atom. The van der Waals surface area contributed by atoms with Gasteiger partial charge in [-0.15, -0.1) is 0 Å². The Hall–Kier alpha value is -2.89. The van der Waals surface area contributed by atoms with Gasteiger partial charge in [0.05, 0.1) is 5.92 Å². The summed E-state index contributed by atoms with van der Waals surface area (Å²) in [6.45, 7) is 4.12. The monoisotopic (exact) mass is 491 g/mol. The maximum Gasteiger partial charge on any atom is 0.306 e. The number of carbonyl (C=O) groups excluding carboxylic acids is 1. The van der Waals surface area contributed by atoms with Crippen molar-refractivity contribution < 1.29 is 14.7 Å². The molecule has 3 fully saturated rings. The van der Waals surface area contributed by atoms with E-state index in [-0.39, 0.29) is 19.3 Å². The van der Waals surface area contributed by atoms with Gasteiger partial charge in [-0.05, 0) is 79.7 Å². The van der Waals surface area contributed by atoms with Crippen molar-refractivity contribution >= 4 is 17.7 Å². The molecule has 0 atom stereocenters. The number of carbonyl (C=O) groups is 2. The largest absolute Gasteiger partial charge is 0.481 e. The predicted octanol–water partition coefficient (Wildman–Crippen LogP) is 6.08. The van der Waals surface area contributed by atoms with Gasteiger partial charge in [-0.1, -0.05) is 45.2 Å². The summed E-state index contributed by atoms with van der Waals surface area (Å²) in [5, 5.41) is 12.6. The normalized spacial score (nSPS) is 24.0. The van der Waals surface area contributed by atoms with Gasteiger partial charge in [0, 0.05) is 37.0 Å². The van der Waals surface area contributed by atoms with E-state index in [1.54, 1.807) is 6.20 Å². The number of amides is 1. The molecule has 1 aromatic heterocycles. The Morgan fingerprint density at radius 3 is 2.53 bits per heavy atom. The van der Waals surface area contributed by atoms with Gasteiger partial charge in [0.25, 0.3) is 5.91 Å². The Labute approximate surface area is 215 Å². The average molecular weight is 492 g/mol. The van der Waals surface area contributed by atoms with Gasteiger partial charge in [0.2, 0.25) is 0 Å². The van der Waals surface area contributed by atoms with Gasteiger partial charge in [-0.2, -0.15) is 0 Å². The number of hydrogen-bond donors (Lipinski definition) is 2. The fourth-order valence-electron chi connectivity index (χ4n) is 6.68. The van der Waals surface area contributed by atoms with E-state index in [0.717, 1.165) is 40.5 Å². The lowest BCUT2D eigenvalue weighted by atomic mass is 9.62. The lowest BCUT2D eigenvalue weighted by Crippen LogP contribution is -2.43. The second-order valence-corrected chi connectivity index (χ2v) is 11.0. The molecule has 1 saturated heterocycles. The molecule has 5 rings (SSSR count). The Bertz CT molecular complexity index is 1080. The number of carboxylic acids is 1. The molecule has 0 spiro atoms. The van der Waals surface area contributed by atoms with Crippen molar-refractivity contribution in [3.8, 4) is 11.1 Å². The van der Waals surface area contributed by atoms with Crippen molar-refractivity contribution in [3.63, 3.8) is 0 Å². The van der Waals surface area contributed by atoms with E-state index < -0.39 is 5.97 Å². The van der Waals surface area contributed by atoms with Crippen LogP contribution < -0.4 is 10.2 Å². The molecule has 2 N–H and O–H groups in total. The fourth-order valence-corrected chi connectivity index (χ4v) is 6.68. The van der Waals surface area contributed by atoms with Gasteiger partial charge in [0.15, 0.2) is 0 Å². The number of pyridine rings is 1. The van der Waals surface area contributed by atoms with Crippen LogP contribution in [0.1, 0.15) is 81.1 Å². The van der Waals surface area contributed by atoms with Crippen molar-refractivity contribution in [2.75, 3.05) is 24.5 Å². The van der Waals surface area contributed by atoms with E-state index in [1.807, 2.05) is 31.2 Å². The minimum absolute atomic E-state index is 0. The first-order valence-electron chi connectivity index (χ1n) is 13.3. The average Bonchev–Trinajstić information content (AvgIpc) is 2.88. The van der Waals surface area contributed by atoms with E-state index in [1.165, 1.54) is 44.9 Å². The number of nitrogens with zero attached hydrogens (tertiary/aromatic N) is 2. The summed E-state index contributed by atoms with van der Waals surface area (Å²) in [6, 6.07) is 10.0. The number of benzene rings is 1. The molecular formula is C30H41N3O3. The molecule has 2 aliphatic carbocycles. The van der Waals surface area contributed by atoms with E-state index >= 15 is 0 Å². The minimum Gasteiger partial charge on any atom is -0.481 e. The first-order valence-corrected chi connectivity index (χ1v) is 13.3. The molecule has 1 aliphatic heterocycles. The van der Waals surface area contributed by atoms with Crippen LogP contribution in [0.25, 0.3) is 11.1 Å². The van der Waals surface area contributed by atoms with Crippen LogP contribution >= 0.6 is 0 Å². The highest BCUT2D eigenvalue weighted by molar-refractivity contribution is 5.97. The molecule has 6 heteroatoms. The van der Waals surface area contributed by atoms with E-state index in [2.05, 4.69) is 21.3 Å². The molecule has 6 nitrogen and oxygen atoms in total. The van der Waals surface area contributed by atoms with Gasteiger partial charge in [-0.3, -0.25) is 9.59 Å². The molecule has 36 heavy (non-hydrogen) atoms. The number of anilines is 1. The number of rotatable bonds is 6. The highest BCUT2D eigenvalue weighted by Gasteiger charge is 2.39. The third-order valence-electron chi connectivity index (χ3n) is 8.71. The smallest absolute Gasteiger partial charge is 0.306 e. The molecule has 0 unspecified atom stereocenters. The summed E-state index contributed by atoms with van der Waals surface area (Å²) in [6.07, 6.45) is 12.1. The van der Waals surface area contributed by atoms with Crippen LogP contribution in [0.3, 0.4) is 0 Å². The number of hydrogen-bond acceptors (Lipinski definition) is 4. The second kappa shape index (κ2) is 11.0. The minimum atomic E-state index is -0.711. The Balaban J connectivity index is 0.00000304. The van der Waals surface area contributed by atoms with E-state index in [0.29, 0.717) is 31.3 Å². The topological polar surface area (TPSA) is 82.5 Å². The van der Waals surface area contributed by atoms with Crippen LogP contribution in [0.4, 0.5) is 5.82 Å². The number of nitrogens with one attached hydrogen (secondary N) is 1. The van der Waals surface area contributed by atoms with Crippen molar-refractivity contribution in [1.82, 2.24) is 10.3 Å². The van der Waals surface area contributed by atoms with Crippen LogP contribution in [0.2, 0.25) is 0 Å². The molecular weight excluding hydrogens is 450 g/mol. The summed E-state index contributed by atoms with van der Waals surface area (Å²) in [5.41, 5.74) is 3.94. The standard InChI is InChI=1S/C29H37N3O3.CH4/c1-20-8-9-23(24-7-4-14-30-26(24)32-15-10-22(11-16-32)28(34)35)17-25(20)27(33)31-19-29-12-2-5-21(18-29)6-3-13-29;/h4,7-9,14,17,21-22H,2-3,5-6,10-13,15-16,18-19H2,1H3,(H,31,33)(H,34,35);1H4. The molecule has 0 radical (unpaired) electrons. The van der Waals surface area contributed by atoms with Gasteiger partial charge >= 0.3 is 5.97 Å². The van der Waals surface area contributed by atoms with Crippen molar-refractivity contribution in [2.24, 2.45) is 17.3 Å². The maximum atomic E-state index is 13.3. The molecule has 2 bridgehead atoms. The summed E-state index contributed by atoms with van der Waals surface area (Å²) in [4.78, 5) is 31.5. The van der Waals surface area contributed by atoms with Crippen LogP contribution in [0.5, 0.6) is 0 Å². The molecule has 1 amide bonds. The zero-order valence-corrected chi connectivity index (χ0v) is 20.8. The number of aryl methyl sites for hydroxylation is 1.